The van der Waals surface area contributed by atoms with Crippen molar-refractivity contribution in [1.82, 2.24) is 0 Å². The molecule has 17 heavy (non-hydrogen) atoms. The van der Waals surface area contributed by atoms with Crippen LogP contribution in [-0.4, -0.2) is 24.3 Å². The van der Waals surface area contributed by atoms with Gasteiger partial charge in [-0.05, 0) is 32.1 Å². The molecule has 0 aromatic heterocycles. The highest BCUT2D eigenvalue weighted by Gasteiger charge is 2.38. The molecule has 3 heteroatoms. The normalized spacial score (nSPS) is 36.4. The fourth-order valence-corrected chi connectivity index (χ4v) is 3.19. The maximum absolute atomic E-state index is 11.8. The van der Waals surface area contributed by atoms with E-state index in [0.29, 0.717) is 12.3 Å². The van der Waals surface area contributed by atoms with Gasteiger partial charge in [0.25, 0.3) is 0 Å². The molecule has 1 saturated carbocycles. The second-order valence-electron chi connectivity index (χ2n) is 5.47. The minimum Gasteiger partial charge on any atom is -0.462 e. The van der Waals surface area contributed by atoms with Gasteiger partial charge in [-0.3, -0.25) is 4.79 Å². The molecule has 0 amide bonds. The molecule has 2 bridgehead atoms. The van der Waals surface area contributed by atoms with Crippen molar-refractivity contribution < 1.29 is 14.3 Å². The van der Waals surface area contributed by atoms with Gasteiger partial charge in [-0.15, -0.1) is 0 Å². The summed E-state index contributed by atoms with van der Waals surface area (Å²) in [6, 6.07) is 0. The monoisotopic (exact) mass is 236 g/mol. The Morgan fingerprint density at radius 2 is 2.06 bits per heavy atom. The predicted octanol–water partition coefficient (Wildman–Crippen LogP) is 2.60. The quantitative estimate of drug-likeness (QED) is 0.558. The highest BCUT2D eigenvalue weighted by atomic mass is 16.5. The van der Waals surface area contributed by atoms with E-state index in [0.717, 1.165) is 19.3 Å². The van der Waals surface area contributed by atoms with Crippen LogP contribution in [0.4, 0.5) is 0 Å². The first-order valence-electron chi connectivity index (χ1n) is 6.84. The lowest BCUT2D eigenvalue weighted by atomic mass is 9.91. The highest BCUT2D eigenvalue weighted by Crippen LogP contribution is 2.36. The lowest BCUT2D eigenvalue weighted by Gasteiger charge is -2.23. The van der Waals surface area contributed by atoms with E-state index in [-0.39, 0.29) is 24.3 Å². The summed E-state index contributed by atoms with van der Waals surface area (Å²) in [4.78, 5) is 11.8. The van der Waals surface area contributed by atoms with Gasteiger partial charge in [0.05, 0.1) is 18.6 Å². The molecule has 0 aromatic rings. The summed E-state index contributed by atoms with van der Waals surface area (Å²) < 4.78 is 11.2. The largest absolute Gasteiger partial charge is 0.462 e. The van der Waals surface area contributed by atoms with E-state index in [9.17, 15) is 4.79 Å². The molecule has 1 saturated heterocycles. The molecular weight excluding hydrogens is 216 g/mol. The summed E-state index contributed by atoms with van der Waals surface area (Å²) in [7, 11) is 0. The van der Waals surface area contributed by atoms with Crippen molar-refractivity contribution in [2.24, 2.45) is 5.92 Å². The number of ether oxygens (including phenoxy) is 2. The Hall–Kier alpha value is -0.830. The van der Waals surface area contributed by atoms with Crippen molar-refractivity contribution in [2.75, 3.05) is 0 Å². The summed E-state index contributed by atoms with van der Waals surface area (Å²) in [5, 5.41) is 0. The molecule has 3 unspecified atom stereocenters. The lowest BCUT2D eigenvalue weighted by molar-refractivity contribution is -0.151. The van der Waals surface area contributed by atoms with Crippen LogP contribution in [-0.2, 0) is 14.3 Å². The molecule has 0 N–H and O–H groups in total. The minimum absolute atomic E-state index is 0.0218. The molecule has 3 rings (SSSR count). The first kappa shape index (κ1) is 11.3. The molecule has 2 heterocycles. The van der Waals surface area contributed by atoms with Crippen LogP contribution in [0.5, 0.6) is 0 Å². The van der Waals surface area contributed by atoms with Crippen LogP contribution in [0.15, 0.2) is 12.2 Å². The molecule has 94 valence electrons. The first-order valence-corrected chi connectivity index (χ1v) is 6.84. The summed E-state index contributed by atoms with van der Waals surface area (Å²) >= 11 is 0. The molecule has 1 aliphatic carbocycles. The summed E-state index contributed by atoms with van der Waals surface area (Å²) in [5.41, 5.74) is 0. The average molecular weight is 236 g/mol. The van der Waals surface area contributed by atoms with E-state index in [1.165, 1.54) is 19.3 Å². The second kappa shape index (κ2) is 4.81. The molecule has 3 aliphatic rings. The predicted molar refractivity (Wildman–Crippen MR) is 63.5 cm³/mol. The Balaban J connectivity index is 1.45. The van der Waals surface area contributed by atoms with E-state index >= 15 is 0 Å². The molecule has 2 aliphatic heterocycles. The van der Waals surface area contributed by atoms with E-state index in [2.05, 4.69) is 12.2 Å². The van der Waals surface area contributed by atoms with Crippen molar-refractivity contribution in [1.29, 1.82) is 0 Å². The molecule has 0 spiro atoms. The molecule has 2 fully saturated rings. The zero-order chi connectivity index (χ0) is 11.7. The third-order valence-electron chi connectivity index (χ3n) is 4.13. The topological polar surface area (TPSA) is 35.5 Å². The van der Waals surface area contributed by atoms with E-state index < -0.39 is 0 Å². The number of hydrogen-bond donors (Lipinski definition) is 0. The van der Waals surface area contributed by atoms with Crippen molar-refractivity contribution in [3.8, 4) is 0 Å². The molecule has 0 radical (unpaired) electrons. The number of fused-ring (bicyclic) bond motifs is 2. The maximum Gasteiger partial charge on any atom is 0.306 e. The van der Waals surface area contributed by atoms with E-state index in [1.54, 1.807) is 0 Å². The van der Waals surface area contributed by atoms with Gasteiger partial charge in [-0.1, -0.05) is 18.6 Å². The van der Waals surface area contributed by atoms with Crippen LogP contribution < -0.4 is 0 Å². The number of carbonyl (C=O) groups excluding carboxylic acids is 1. The van der Waals surface area contributed by atoms with Crippen LogP contribution in [0.1, 0.15) is 44.9 Å². The zero-order valence-electron chi connectivity index (χ0n) is 10.1. The van der Waals surface area contributed by atoms with Gasteiger partial charge in [0.1, 0.15) is 6.10 Å². The molecular formula is C14H20O3. The Morgan fingerprint density at radius 1 is 1.24 bits per heavy atom. The Labute approximate surface area is 102 Å². The standard InChI is InChI=1S/C14H20O3/c15-14(17-11-4-2-1-3-5-11)9-10-8-12-6-7-13(10)16-12/h6-7,10-13H,1-5,8-9H2. The van der Waals surface area contributed by atoms with Crippen molar-refractivity contribution in [2.45, 2.75) is 63.3 Å². The minimum atomic E-state index is -0.0218. The second-order valence-corrected chi connectivity index (χ2v) is 5.47. The van der Waals surface area contributed by atoms with Gasteiger partial charge in [0, 0.05) is 5.92 Å². The van der Waals surface area contributed by atoms with Gasteiger partial charge in [-0.2, -0.15) is 0 Å². The summed E-state index contributed by atoms with van der Waals surface area (Å²) in [6.07, 6.45) is 12.1. The first-order chi connectivity index (χ1) is 8.31. The summed E-state index contributed by atoms with van der Waals surface area (Å²) in [6.45, 7) is 0. The van der Waals surface area contributed by atoms with Crippen LogP contribution in [0.2, 0.25) is 0 Å². The highest BCUT2D eigenvalue weighted by molar-refractivity contribution is 5.70. The number of hydrogen-bond acceptors (Lipinski definition) is 3. The third-order valence-corrected chi connectivity index (χ3v) is 4.13. The van der Waals surface area contributed by atoms with Gasteiger partial charge in [-0.25, -0.2) is 0 Å². The van der Waals surface area contributed by atoms with Gasteiger partial charge >= 0.3 is 5.97 Å². The summed E-state index contributed by atoms with van der Waals surface area (Å²) in [5.74, 6) is 0.326. The zero-order valence-corrected chi connectivity index (χ0v) is 10.1. The Kier molecular flexibility index (Phi) is 3.19. The molecule has 0 aromatic carbocycles. The third kappa shape index (κ3) is 2.54. The van der Waals surface area contributed by atoms with Crippen LogP contribution in [0.3, 0.4) is 0 Å². The number of carbonyl (C=O) groups is 1. The van der Waals surface area contributed by atoms with Gasteiger partial charge in [0.2, 0.25) is 0 Å². The van der Waals surface area contributed by atoms with Crippen LogP contribution in [0, 0.1) is 5.92 Å². The van der Waals surface area contributed by atoms with Crippen LogP contribution in [0.25, 0.3) is 0 Å². The molecule has 3 nitrogen and oxygen atoms in total. The van der Waals surface area contributed by atoms with Gasteiger partial charge in [0.15, 0.2) is 0 Å². The number of rotatable bonds is 3. The Morgan fingerprint density at radius 3 is 2.71 bits per heavy atom. The van der Waals surface area contributed by atoms with Gasteiger partial charge < -0.3 is 9.47 Å². The Bertz CT molecular complexity index is 317. The lowest BCUT2D eigenvalue weighted by Crippen LogP contribution is -2.24. The van der Waals surface area contributed by atoms with E-state index in [1.807, 2.05) is 0 Å². The van der Waals surface area contributed by atoms with Crippen molar-refractivity contribution in [3.63, 3.8) is 0 Å². The maximum atomic E-state index is 11.8. The number of esters is 1. The molecule has 3 atom stereocenters. The van der Waals surface area contributed by atoms with E-state index in [4.69, 9.17) is 9.47 Å². The fourth-order valence-electron chi connectivity index (χ4n) is 3.19. The SMILES string of the molecule is O=C(CC1CC2C=CC1O2)OC1CCCCC1. The smallest absolute Gasteiger partial charge is 0.306 e. The average Bonchev–Trinajstić information content (AvgIpc) is 2.92. The van der Waals surface area contributed by atoms with Crippen LogP contribution >= 0.6 is 0 Å². The van der Waals surface area contributed by atoms with Crippen molar-refractivity contribution in [3.05, 3.63) is 12.2 Å². The fraction of sp³-hybridized carbons (Fsp3) is 0.786. The van der Waals surface area contributed by atoms with Crippen molar-refractivity contribution >= 4 is 5.97 Å².